The van der Waals surface area contributed by atoms with Gasteiger partial charge in [-0.25, -0.2) is 0 Å². The molecule has 0 aromatic heterocycles. The summed E-state index contributed by atoms with van der Waals surface area (Å²) in [6.07, 6.45) is 5.94. The molecule has 0 aromatic rings. The minimum atomic E-state index is -0.383. The van der Waals surface area contributed by atoms with Gasteiger partial charge in [0.25, 0.3) is 0 Å². The van der Waals surface area contributed by atoms with Crippen LogP contribution < -0.4 is 5.32 Å². The molecule has 2 aliphatic rings. The Balaban J connectivity index is 1.94. The highest BCUT2D eigenvalue weighted by Crippen LogP contribution is 2.32. The molecule has 2 N–H and O–H groups in total. The molecule has 1 saturated carbocycles. The number of carbonyl (C=O) groups is 1. The summed E-state index contributed by atoms with van der Waals surface area (Å²) < 4.78 is 5.36. The summed E-state index contributed by atoms with van der Waals surface area (Å²) in [5, 5.41) is 12.8. The molecule has 0 bridgehead atoms. The highest BCUT2D eigenvalue weighted by molar-refractivity contribution is 5.79. The zero-order valence-electron chi connectivity index (χ0n) is 11.3. The molecule has 1 saturated heterocycles. The molecule has 1 aliphatic carbocycles. The smallest absolute Gasteiger partial charge is 0.225 e. The fourth-order valence-electron chi connectivity index (χ4n) is 3.27. The third-order valence-corrected chi connectivity index (χ3v) is 4.31. The van der Waals surface area contributed by atoms with Crippen LogP contribution in [0, 0.1) is 11.8 Å². The minimum Gasteiger partial charge on any atom is -0.394 e. The van der Waals surface area contributed by atoms with Gasteiger partial charge in [-0.2, -0.15) is 0 Å². The molecule has 2 rings (SSSR count). The van der Waals surface area contributed by atoms with E-state index in [0.29, 0.717) is 12.5 Å². The van der Waals surface area contributed by atoms with Crippen molar-refractivity contribution >= 4 is 5.91 Å². The molecule has 18 heavy (non-hydrogen) atoms. The average molecular weight is 255 g/mol. The lowest BCUT2D eigenvalue weighted by Gasteiger charge is -2.40. The van der Waals surface area contributed by atoms with E-state index in [1.807, 2.05) is 0 Å². The lowest BCUT2D eigenvalue weighted by Crippen LogP contribution is -2.56. The minimum absolute atomic E-state index is 0.0283. The lowest BCUT2D eigenvalue weighted by atomic mass is 9.76. The number of hydrogen-bond donors (Lipinski definition) is 2. The monoisotopic (exact) mass is 255 g/mol. The first-order chi connectivity index (χ1) is 8.65. The molecule has 3 atom stereocenters. The van der Waals surface area contributed by atoms with Gasteiger partial charge in [-0.3, -0.25) is 4.79 Å². The molecule has 2 fully saturated rings. The largest absolute Gasteiger partial charge is 0.394 e. The van der Waals surface area contributed by atoms with Crippen LogP contribution in [0.3, 0.4) is 0 Å². The Morgan fingerprint density at radius 1 is 1.44 bits per heavy atom. The van der Waals surface area contributed by atoms with E-state index in [1.54, 1.807) is 0 Å². The zero-order chi connectivity index (χ0) is 13.0. The van der Waals surface area contributed by atoms with Crippen molar-refractivity contribution in [1.82, 2.24) is 5.32 Å². The van der Waals surface area contributed by atoms with Crippen LogP contribution >= 0.6 is 0 Å². The van der Waals surface area contributed by atoms with Crippen molar-refractivity contribution in [2.24, 2.45) is 11.8 Å². The fourth-order valence-corrected chi connectivity index (χ4v) is 3.27. The van der Waals surface area contributed by atoms with E-state index in [4.69, 9.17) is 4.74 Å². The van der Waals surface area contributed by atoms with Gasteiger partial charge >= 0.3 is 0 Å². The number of aliphatic hydroxyl groups is 1. The lowest BCUT2D eigenvalue weighted by molar-refractivity contribution is -0.132. The maximum Gasteiger partial charge on any atom is 0.225 e. The Hall–Kier alpha value is -0.610. The van der Waals surface area contributed by atoms with Crippen LogP contribution in [0.4, 0.5) is 0 Å². The van der Waals surface area contributed by atoms with Crippen LogP contribution in [0.2, 0.25) is 0 Å². The van der Waals surface area contributed by atoms with Gasteiger partial charge < -0.3 is 15.2 Å². The van der Waals surface area contributed by atoms with Crippen LogP contribution in [0.5, 0.6) is 0 Å². The number of amides is 1. The van der Waals surface area contributed by atoms with E-state index in [-0.39, 0.29) is 24.0 Å². The Bertz CT molecular complexity index is 289. The predicted molar refractivity (Wildman–Crippen MR) is 69.1 cm³/mol. The first-order valence-corrected chi connectivity index (χ1v) is 7.16. The van der Waals surface area contributed by atoms with Gasteiger partial charge in [-0.15, -0.1) is 0 Å². The van der Waals surface area contributed by atoms with Crippen LogP contribution in [-0.2, 0) is 9.53 Å². The van der Waals surface area contributed by atoms with E-state index < -0.39 is 0 Å². The summed E-state index contributed by atoms with van der Waals surface area (Å²) in [5.74, 6) is 0.617. The third kappa shape index (κ3) is 3.23. The van der Waals surface area contributed by atoms with E-state index in [0.717, 1.165) is 38.7 Å². The summed E-state index contributed by atoms with van der Waals surface area (Å²) in [6.45, 7) is 3.55. The van der Waals surface area contributed by atoms with Gasteiger partial charge in [0.15, 0.2) is 0 Å². The van der Waals surface area contributed by atoms with Crippen LogP contribution in [0.15, 0.2) is 0 Å². The van der Waals surface area contributed by atoms with Crippen molar-refractivity contribution in [3.8, 4) is 0 Å². The van der Waals surface area contributed by atoms with Crippen molar-refractivity contribution in [2.45, 2.75) is 51.0 Å². The Labute approximate surface area is 109 Å². The second-order valence-electron chi connectivity index (χ2n) is 6.04. The molecule has 1 amide bonds. The molecule has 1 aliphatic heterocycles. The molecular weight excluding hydrogens is 230 g/mol. The number of rotatable bonds is 3. The Kier molecular flexibility index (Phi) is 4.62. The van der Waals surface area contributed by atoms with Crippen molar-refractivity contribution in [1.29, 1.82) is 0 Å². The number of carbonyl (C=O) groups excluding carboxylic acids is 1. The van der Waals surface area contributed by atoms with Crippen molar-refractivity contribution in [3.63, 3.8) is 0 Å². The van der Waals surface area contributed by atoms with Gasteiger partial charge in [0.05, 0.1) is 24.7 Å². The molecule has 1 heterocycles. The zero-order valence-corrected chi connectivity index (χ0v) is 11.3. The second-order valence-corrected chi connectivity index (χ2v) is 6.04. The van der Waals surface area contributed by atoms with Gasteiger partial charge in [-0.1, -0.05) is 19.8 Å². The summed E-state index contributed by atoms with van der Waals surface area (Å²) in [6, 6.07) is 0. The maximum absolute atomic E-state index is 12.2. The molecule has 0 radical (unpaired) electrons. The third-order valence-electron chi connectivity index (χ3n) is 4.31. The molecule has 0 aromatic carbocycles. The first-order valence-electron chi connectivity index (χ1n) is 7.16. The van der Waals surface area contributed by atoms with Gasteiger partial charge in [0.1, 0.15) is 0 Å². The number of aliphatic hydroxyl groups excluding tert-OH is 1. The topological polar surface area (TPSA) is 58.6 Å². The number of hydrogen-bond acceptors (Lipinski definition) is 3. The maximum atomic E-state index is 12.2. The van der Waals surface area contributed by atoms with Crippen molar-refractivity contribution in [2.75, 3.05) is 19.8 Å². The van der Waals surface area contributed by atoms with Gasteiger partial charge in [0, 0.05) is 6.61 Å². The summed E-state index contributed by atoms with van der Waals surface area (Å²) >= 11 is 0. The molecule has 3 unspecified atom stereocenters. The standard InChI is InChI=1S/C14H25NO3/c1-11-4-2-6-14(8-11,10-16)15-13(17)12-5-3-7-18-9-12/h11-12,16H,2-10H2,1H3,(H,15,17). The van der Waals surface area contributed by atoms with Crippen LogP contribution in [-0.4, -0.2) is 36.4 Å². The summed E-state index contributed by atoms with van der Waals surface area (Å²) in [7, 11) is 0. The molecule has 0 spiro atoms. The SMILES string of the molecule is CC1CCCC(CO)(NC(=O)C2CCCOC2)C1. The molecule has 104 valence electrons. The fraction of sp³-hybridized carbons (Fsp3) is 0.929. The summed E-state index contributed by atoms with van der Waals surface area (Å²) in [4.78, 5) is 12.2. The van der Waals surface area contributed by atoms with E-state index >= 15 is 0 Å². The molecule has 4 heteroatoms. The quantitative estimate of drug-likeness (QED) is 0.803. The van der Waals surface area contributed by atoms with Gasteiger partial charge in [0.2, 0.25) is 5.91 Å². The molecule has 4 nitrogen and oxygen atoms in total. The number of ether oxygens (including phenoxy) is 1. The summed E-state index contributed by atoms with van der Waals surface area (Å²) in [5.41, 5.74) is -0.383. The predicted octanol–water partition coefficient (Wildman–Crippen LogP) is 1.47. The average Bonchev–Trinajstić information content (AvgIpc) is 2.39. The molecular formula is C14H25NO3. The Morgan fingerprint density at radius 3 is 2.89 bits per heavy atom. The first kappa shape index (κ1) is 13.8. The normalized spacial score (nSPS) is 37.2. The number of nitrogens with one attached hydrogen (secondary N) is 1. The van der Waals surface area contributed by atoms with E-state index in [2.05, 4.69) is 12.2 Å². The highest BCUT2D eigenvalue weighted by Gasteiger charge is 2.37. The second kappa shape index (κ2) is 6.02. The van der Waals surface area contributed by atoms with Crippen molar-refractivity contribution < 1.29 is 14.6 Å². The Morgan fingerprint density at radius 2 is 2.28 bits per heavy atom. The van der Waals surface area contributed by atoms with Crippen LogP contribution in [0.25, 0.3) is 0 Å². The van der Waals surface area contributed by atoms with Crippen molar-refractivity contribution in [3.05, 3.63) is 0 Å². The van der Waals surface area contributed by atoms with Gasteiger partial charge in [-0.05, 0) is 31.6 Å². The van der Waals surface area contributed by atoms with Crippen LogP contribution in [0.1, 0.15) is 45.4 Å². The van der Waals surface area contributed by atoms with E-state index in [9.17, 15) is 9.90 Å². The van der Waals surface area contributed by atoms with E-state index in [1.165, 1.54) is 6.42 Å². The highest BCUT2D eigenvalue weighted by atomic mass is 16.5.